The highest BCUT2D eigenvalue weighted by molar-refractivity contribution is 14.0. The Morgan fingerprint density at radius 3 is 2.46 bits per heavy atom. The van der Waals surface area contributed by atoms with Gasteiger partial charge in [0, 0.05) is 51.9 Å². The molecule has 0 unspecified atom stereocenters. The minimum Gasteiger partial charge on any atom is -0.370 e. The van der Waals surface area contributed by atoms with Gasteiger partial charge in [-0.25, -0.2) is 0 Å². The molecule has 26 heavy (non-hydrogen) atoms. The Morgan fingerprint density at radius 2 is 1.85 bits per heavy atom. The monoisotopic (exact) mass is 475 g/mol. The highest BCUT2D eigenvalue weighted by Gasteiger charge is 2.05. The van der Waals surface area contributed by atoms with Crippen molar-refractivity contribution in [3.8, 4) is 0 Å². The molecule has 0 spiro atoms. The van der Waals surface area contributed by atoms with E-state index in [1.807, 2.05) is 6.92 Å². The van der Waals surface area contributed by atoms with E-state index in [-0.39, 0.29) is 29.9 Å². The maximum absolute atomic E-state index is 11.6. The molecular weight excluding hydrogens is 441 g/mol. The average molecular weight is 475 g/mol. The molecular formula is C19H34IN5O. The van der Waals surface area contributed by atoms with Gasteiger partial charge >= 0.3 is 0 Å². The maximum Gasteiger partial charge on any atom is 0.221 e. The molecule has 0 bridgehead atoms. The number of aliphatic imine (C=N–C) groups is 1. The molecule has 1 rings (SSSR count). The maximum atomic E-state index is 11.6. The normalized spacial score (nSPS) is 10.7. The first kappa shape index (κ1) is 24.5. The molecule has 0 aliphatic rings. The largest absolute Gasteiger partial charge is 0.370 e. The summed E-state index contributed by atoms with van der Waals surface area (Å²) in [5.41, 5.74) is 2.50. The zero-order valence-electron chi connectivity index (χ0n) is 16.5. The first-order chi connectivity index (χ1) is 12.1. The summed E-state index contributed by atoms with van der Waals surface area (Å²) in [7, 11) is 1.74. The molecule has 0 atom stereocenters. The zero-order valence-corrected chi connectivity index (χ0v) is 18.8. The molecule has 1 amide bonds. The van der Waals surface area contributed by atoms with Gasteiger partial charge in [0.1, 0.15) is 0 Å². The van der Waals surface area contributed by atoms with E-state index in [0.29, 0.717) is 13.0 Å². The summed E-state index contributed by atoms with van der Waals surface area (Å²) in [4.78, 5) is 18.1. The van der Waals surface area contributed by atoms with Crippen LogP contribution < -0.4 is 20.9 Å². The van der Waals surface area contributed by atoms with Crippen molar-refractivity contribution in [3.05, 3.63) is 29.8 Å². The molecule has 0 radical (unpaired) electrons. The molecule has 1 aromatic rings. The second kappa shape index (κ2) is 14.6. The number of aryl methyl sites for hydroxylation is 1. The van der Waals surface area contributed by atoms with Crippen molar-refractivity contribution in [3.63, 3.8) is 0 Å². The highest BCUT2D eigenvalue weighted by atomic mass is 127. The van der Waals surface area contributed by atoms with Crippen molar-refractivity contribution >= 4 is 41.5 Å². The molecule has 3 N–H and O–H groups in total. The van der Waals surface area contributed by atoms with Gasteiger partial charge in [-0.05, 0) is 38.0 Å². The van der Waals surface area contributed by atoms with Crippen LogP contribution in [-0.2, 0) is 4.79 Å². The Morgan fingerprint density at radius 1 is 1.12 bits per heavy atom. The van der Waals surface area contributed by atoms with Crippen LogP contribution in [0.1, 0.15) is 32.3 Å². The van der Waals surface area contributed by atoms with Crippen molar-refractivity contribution in [2.45, 2.75) is 33.6 Å². The van der Waals surface area contributed by atoms with Crippen molar-refractivity contribution in [1.82, 2.24) is 16.0 Å². The number of hydrogen-bond donors (Lipinski definition) is 3. The van der Waals surface area contributed by atoms with E-state index in [9.17, 15) is 4.79 Å². The van der Waals surface area contributed by atoms with E-state index < -0.39 is 0 Å². The molecule has 0 saturated heterocycles. The minimum absolute atomic E-state index is 0. The number of guanidine groups is 1. The van der Waals surface area contributed by atoms with Gasteiger partial charge in [0.05, 0.1) is 0 Å². The van der Waals surface area contributed by atoms with Crippen LogP contribution in [0.5, 0.6) is 0 Å². The predicted octanol–water partition coefficient (Wildman–Crippen LogP) is 2.52. The van der Waals surface area contributed by atoms with Crippen molar-refractivity contribution < 1.29 is 4.79 Å². The second-order valence-corrected chi connectivity index (χ2v) is 5.94. The molecule has 0 aliphatic heterocycles. The second-order valence-electron chi connectivity index (χ2n) is 5.94. The summed E-state index contributed by atoms with van der Waals surface area (Å²) in [6.45, 7) is 10.2. The van der Waals surface area contributed by atoms with Crippen LogP contribution in [0.15, 0.2) is 29.3 Å². The fraction of sp³-hybridized carbons (Fsp3) is 0.579. The van der Waals surface area contributed by atoms with Gasteiger partial charge in [0.15, 0.2) is 5.96 Å². The van der Waals surface area contributed by atoms with Gasteiger partial charge in [-0.15, -0.1) is 24.0 Å². The van der Waals surface area contributed by atoms with Crippen LogP contribution >= 0.6 is 24.0 Å². The van der Waals surface area contributed by atoms with Gasteiger partial charge in [0.25, 0.3) is 0 Å². The number of carbonyl (C=O) groups excluding carboxylic acids is 1. The van der Waals surface area contributed by atoms with E-state index in [2.05, 4.69) is 64.0 Å². The van der Waals surface area contributed by atoms with Crippen LogP contribution in [0.2, 0.25) is 0 Å². The Bertz CT molecular complexity index is 550. The van der Waals surface area contributed by atoms with Crippen LogP contribution in [0.4, 0.5) is 5.69 Å². The first-order valence-corrected chi connectivity index (χ1v) is 9.13. The van der Waals surface area contributed by atoms with Crippen molar-refractivity contribution in [2.75, 3.05) is 44.7 Å². The average Bonchev–Trinajstić information content (AvgIpc) is 2.62. The molecule has 1 aromatic carbocycles. The topological polar surface area (TPSA) is 68.8 Å². The number of nitrogens with zero attached hydrogens (tertiary/aromatic N) is 2. The number of halogens is 1. The lowest BCUT2D eigenvalue weighted by Gasteiger charge is -2.24. The highest BCUT2D eigenvalue weighted by Crippen LogP contribution is 2.14. The van der Waals surface area contributed by atoms with Crippen LogP contribution in [0.25, 0.3) is 0 Å². The molecule has 0 aromatic heterocycles. The molecule has 0 fully saturated rings. The Hall–Kier alpha value is -1.51. The predicted molar refractivity (Wildman–Crippen MR) is 122 cm³/mol. The Balaban J connectivity index is 0.00000625. The zero-order chi connectivity index (χ0) is 18.5. The van der Waals surface area contributed by atoms with Gasteiger partial charge in [0.2, 0.25) is 5.91 Å². The molecule has 0 saturated carbocycles. The smallest absolute Gasteiger partial charge is 0.221 e. The number of amides is 1. The van der Waals surface area contributed by atoms with E-state index in [1.165, 1.54) is 11.3 Å². The lowest BCUT2D eigenvalue weighted by molar-refractivity contribution is -0.120. The summed E-state index contributed by atoms with van der Waals surface area (Å²) >= 11 is 0. The quantitative estimate of drug-likeness (QED) is 0.277. The van der Waals surface area contributed by atoms with Gasteiger partial charge < -0.3 is 20.9 Å². The Labute approximate surface area is 175 Å². The van der Waals surface area contributed by atoms with E-state index >= 15 is 0 Å². The molecule has 6 nitrogen and oxygen atoms in total. The Kier molecular flexibility index (Phi) is 13.8. The standard InChI is InChI=1S/C19H33N5O.HI/c1-5-11-21-18(25)10-12-22-19(20-4)23-13-14-24(6-2)17-9-7-8-16(3)15-17;/h7-9,15H,5-6,10-14H2,1-4H3,(H,21,25)(H2,20,22,23);1H. The third kappa shape index (κ3) is 9.84. The minimum atomic E-state index is 0. The number of rotatable bonds is 10. The number of benzene rings is 1. The number of carbonyl (C=O) groups is 1. The lowest BCUT2D eigenvalue weighted by atomic mass is 10.2. The van der Waals surface area contributed by atoms with Crippen LogP contribution in [0, 0.1) is 6.92 Å². The number of nitrogens with one attached hydrogen (secondary N) is 3. The third-order valence-corrected chi connectivity index (χ3v) is 3.86. The van der Waals surface area contributed by atoms with E-state index in [0.717, 1.165) is 38.6 Å². The van der Waals surface area contributed by atoms with Crippen molar-refractivity contribution in [1.29, 1.82) is 0 Å². The summed E-state index contributed by atoms with van der Waals surface area (Å²) in [6, 6.07) is 8.53. The molecule has 0 aliphatic carbocycles. The summed E-state index contributed by atoms with van der Waals surface area (Å²) in [6.07, 6.45) is 1.41. The number of anilines is 1. The van der Waals surface area contributed by atoms with Crippen LogP contribution in [0.3, 0.4) is 0 Å². The van der Waals surface area contributed by atoms with Crippen molar-refractivity contribution in [2.24, 2.45) is 4.99 Å². The lowest BCUT2D eigenvalue weighted by Crippen LogP contribution is -2.42. The summed E-state index contributed by atoms with van der Waals surface area (Å²) in [5, 5.41) is 9.34. The van der Waals surface area contributed by atoms with Gasteiger partial charge in [-0.2, -0.15) is 0 Å². The number of likely N-dealkylation sites (N-methyl/N-ethyl adjacent to an activating group) is 1. The summed E-state index contributed by atoms with van der Waals surface area (Å²) in [5.74, 6) is 0.796. The van der Waals surface area contributed by atoms with E-state index in [1.54, 1.807) is 7.05 Å². The van der Waals surface area contributed by atoms with E-state index in [4.69, 9.17) is 0 Å². The first-order valence-electron chi connectivity index (χ1n) is 9.13. The van der Waals surface area contributed by atoms with Gasteiger partial charge in [-0.3, -0.25) is 9.79 Å². The molecule has 148 valence electrons. The van der Waals surface area contributed by atoms with Crippen LogP contribution in [-0.4, -0.2) is 51.6 Å². The fourth-order valence-electron chi connectivity index (χ4n) is 2.47. The molecule has 7 heteroatoms. The molecule has 0 heterocycles. The number of hydrogen-bond acceptors (Lipinski definition) is 3. The fourth-order valence-corrected chi connectivity index (χ4v) is 2.47. The van der Waals surface area contributed by atoms with Gasteiger partial charge in [-0.1, -0.05) is 19.1 Å². The summed E-state index contributed by atoms with van der Waals surface area (Å²) < 4.78 is 0. The third-order valence-electron chi connectivity index (χ3n) is 3.86. The SMILES string of the molecule is CCCNC(=O)CCNC(=NC)NCCN(CC)c1cccc(C)c1.I.